The number of hydrogen-bond acceptors (Lipinski definition) is 8. The van der Waals surface area contributed by atoms with Gasteiger partial charge in [-0.1, -0.05) is 6.08 Å². The SMILES string of the molecule is COC(=O)CC=CNC(=O)CC1O[C@H](CO)[C@@H](O)[C@H](O)[C@@H]1O. The molecule has 1 fully saturated rings. The second kappa shape index (κ2) is 8.81. The van der Waals surface area contributed by atoms with Crippen molar-refractivity contribution in [3.05, 3.63) is 12.3 Å². The number of hydrogen-bond donors (Lipinski definition) is 5. The van der Waals surface area contributed by atoms with Crippen molar-refractivity contribution >= 4 is 11.9 Å². The summed E-state index contributed by atoms with van der Waals surface area (Å²) in [6.07, 6.45) is -4.20. The van der Waals surface area contributed by atoms with Crippen LogP contribution in [0.15, 0.2) is 12.3 Å². The highest BCUT2D eigenvalue weighted by Crippen LogP contribution is 2.23. The molecule has 9 nitrogen and oxygen atoms in total. The second-order valence-corrected chi connectivity index (χ2v) is 4.82. The third-order valence-corrected chi connectivity index (χ3v) is 3.25. The minimum absolute atomic E-state index is 0.00315. The molecule has 1 aliphatic rings. The molecule has 0 aliphatic carbocycles. The predicted octanol–water partition coefficient (Wildman–Crippen LogP) is -2.59. The van der Waals surface area contributed by atoms with E-state index in [1.54, 1.807) is 0 Å². The van der Waals surface area contributed by atoms with E-state index in [-0.39, 0.29) is 12.8 Å². The zero-order valence-electron chi connectivity index (χ0n) is 12.1. The maximum Gasteiger partial charge on any atom is 0.309 e. The molecule has 0 saturated carbocycles. The lowest BCUT2D eigenvalue weighted by Gasteiger charge is -2.39. The van der Waals surface area contributed by atoms with Gasteiger partial charge in [0.1, 0.15) is 24.4 Å². The van der Waals surface area contributed by atoms with Gasteiger partial charge in [-0.05, 0) is 0 Å². The van der Waals surface area contributed by atoms with Crippen LogP contribution in [-0.4, -0.2) is 76.5 Å². The first-order chi connectivity index (χ1) is 10.4. The highest BCUT2D eigenvalue weighted by molar-refractivity contribution is 5.77. The van der Waals surface area contributed by atoms with E-state index in [9.17, 15) is 24.9 Å². The number of carbonyl (C=O) groups excluding carboxylic acids is 2. The van der Waals surface area contributed by atoms with Crippen LogP contribution in [-0.2, 0) is 19.1 Å². The van der Waals surface area contributed by atoms with Gasteiger partial charge in [0.25, 0.3) is 0 Å². The fourth-order valence-electron chi connectivity index (χ4n) is 1.98. The molecule has 1 saturated heterocycles. The highest BCUT2D eigenvalue weighted by Gasteiger charge is 2.43. The molecule has 0 bridgehead atoms. The van der Waals surface area contributed by atoms with E-state index in [0.717, 1.165) is 0 Å². The third kappa shape index (κ3) is 5.04. The van der Waals surface area contributed by atoms with Gasteiger partial charge in [-0.15, -0.1) is 0 Å². The molecular weight excluding hydrogens is 298 g/mol. The molecule has 1 heterocycles. The molecule has 0 aromatic carbocycles. The molecular formula is C13H21NO8. The average Bonchev–Trinajstić information content (AvgIpc) is 2.51. The van der Waals surface area contributed by atoms with Gasteiger partial charge >= 0.3 is 5.97 Å². The van der Waals surface area contributed by atoms with E-state index in [0.29, 0.717) is 0 Å². The maximum atomic E-state index is 11.7. The topological polar surface area (TPSA) is 146 Å². The lowest BCUT2D eigenvalue weighted by molar-refractivity contribution is -0.229. The molecule has 5 N–H and O–H groups in total. The molecule has 1 unspecified atom stereocenters. The van der Waals surface area contributed by atoms with E-state index >= 15 is 0 Å². The van der Waals surface area contributed by atoms with Gasteiger partial charge in [-0.3, -0.25) is 9.59 Å². The molecule has 0 radical (unpaired) electrons. The number of aliphatic hydroxyl groups is 4. The fourth-order valence-corrected chi connectivity index (χ4v) is 1.98. The molecule has 1 amide bonds. The Labute approximate surface area is 127 Å². The highest BCUT2D eigenvalue weighted by atomic mass is 16.5. The Bertz CT molecular complexity index is 411. The van der Waals surface area contributed by atoms with E-state index in [1.807, 2.05) is 0 Å². The van der Waals surface area contributed by atoms with Crippen molar-refractivity contribution in [3.63, 3.8) is 0 Å². The standard InChI is InChI=1S/C13H21NO8/c1-21-10(17)3-2-4-14-9(16)5-7-11(18)13(20)12(19)8(6-15)22-7/h2,4,7-8,11-13,15,18-20H,3,5-6H2,1H3,(H,14,16)/t7?,8-,11-,12-,13-/m1/s1. The Balaban J connectivity index is 2.47. The van der Waals surface area contributed by atoms with Crippen molar-refractivity contribution in [2.75, 3.05) is 13.7 Å². The lowest BCUT2D eigenvalue weighted by Crippen LogP contribution is -2.59. The van der Waals surface area contributed by atoms with Gasteiger partial charge < -0.3 is 35.2 Å². The minimum atomic E-state index is -1.52. The predicted molar refractivity (Wildman–Crippen MR) is 72.3 cm³/mol. The molecule has 9 heteroatoms. The van der Waals surface area contributed by atoms with Crippen LogP contribution in [0, 0.1) is 0 Å². The van der Waals surface area contributed by atoms with E-state index < -0.39 is 49.0 Å². The zero-order valence-corrected chi connectivity index (χ0v) is 12.1. The molecule has 1 aliphatic heterocycles. The summed E-state index contributed by atoms with van der Waals surface area (Å²) in [5.74, 6) is -0.982. The Morgan fingerprint density at radius 2 is 1.82 bits per heavy atom. The van der Waals surface area contributed by atoms with Gasteiger partial charge in [0, 0.05) is 6.20 Å². The fraction of sp³-hybridized carbons (Fsp3) is 0.692. The van der Waals surface area contributed by atoms with Gasteiger partial charge in [0.15, 0.2) is 0 Å². The first-order valence-electron chi connectivity index (χ1n) is 6.72. The van der Waals surface area contributed by atoms with Crippen LogP contribution in [0.2, 0.25) is 0 Å². The summed E-state index contributed by atoms with van der Waals surface area (Å²) >= 11 is 0. The number of aliphatic hydroxyl groups excluding tert-OH is 4. The first-order valence-corrected chi connectivity index (χ1v) is 6.72. The molecule has 5 atom stereocenters. The zero-order chi connectivity index (χ0) is 16.7. The van der Waals surface area contributed by atoms with Crippen molar-refractivity contribution in [3.8, 4) is 0 Å². The normalized spacial score (nSPS) is 32.0. The van der Waals surface area contributed by atoms with Crippen LogP contribution in [0.1, 0.15) is 12.8 Å². The molecule has 1 rings (SSSR count). The number of rotatable bonds is 6. The smallest absolute Gasteiger partial charge is 0.309 e. The summed E-state index contributed by atoms with van der Waals surface area (Å²) < 4.78 is 9.60. The number of esters is 1. The van der Waals surface area contributed by atoms with E-state index in [2.05, 4.69) is 10.1 Å². The Morgan fingerprint density at radius 1 is 1.18 bits per heavy atom. The van der Waals surface area contributed by atoms with Crippen LogP contribution in [0.3, 0.4) is 0 Å². The Hall–Kier alpha value is -1.52. The summed E-state index contributed by atoms with van der Waals surface area (Å²) in [5.41, 5.74) is 0. The summed E-state index contributed by atoms with van der Waals surface area (Å²) in [6.45, 7) is -0.553. The van der Waals surface area contributed by atoms with E-state index in [1.165, 1.54) is 19.4 Å². The van der Waals surface area contributed by atoms with Crippen LogP contribution < -0.4 is 5.32 Å². The third-order valence-electron chi connectivity index (χ3n) is 3.25. The van der Waals surface area contributed by atoms with Crippen LogP contribution in [0.5, 0.6) is 0 Å². The molecule has 0 spiro atoms. The number of amides is 1. The quantitative estimate of drug-likeness (QED) is 0.335. The van der Waals surface area contributed by atoms with Crippen molar-refractivity contribution < 1.29 is 39.5 Å². The Kier molecular flexibility index (Phi) is 7.42. The summed E-state index contributed by atoms with van der Waals surface area (Å²) in [5, 5.41) is 40.4. The van der Waals surface area contributed by atoms with Gasteiger partial charge in [0.05, 0.1) is 32.7 Å². The minimum Gasteiger partial charge on any atom is -0.469 e. The van der Waals surface area contributed by atoms with Gasteiger partial charge in [0.2, 0.25) is 5.91 Å². The first kappa shape index (κ1) is 18.5. The summed E-state index contributed by atoms with van der Waals surface area (Å²) in [7, 11) is 1.24. The molecule has 0 aromatic rings. The maximum absolute atomic E-state index is 11.7. The van der Waals surface area contributed by atoms with Crippen molar-refractivity contribution in [1.29, 1.82) is 0 Å². The largest absolute Gasteiger partial charge is 0.469 e. The summed E-state index contributed by atoms with van der Waals surface area (Å²) in [6, 6.07) is 0. The Morgan fingerprint density at radius 3 is 2.41 bits per heavy atom. The van der Waals surface area contributed by atoms with Crippen molar-refractivity contribution in [2.45, 2.75) is 43.4 Å². The lowest BCUT2D eigenvalue weighted by atomic mass is 9.93. The number of methoxy groups -OCH3 is 1. The van der Waals surface area contributed by atoms with Crippen LogP contribution in [0.4, 0.5) is 0 Å². The van der Waals surface area contributed by atoms with E-state index in [4.69, 9.17) is 9.84 Å². The van der Waals surface area contributed by atoms with Crippen molar-refractivity contribution in [1.82, 2.24) is 5.32 Å². The average molecular weight is 319 g/mol. The van der Waals surface area contributed by atoms with Crippen molar-refractivity contribution in [2.24, 2.45) is 0 Å². The number of ether oxygens (including phenoxy) is 2. The monoisotopic (exact) mass is 319 g/mol. The molecule has 22 heavy (non-hydrogen) atoms. The number of carbonyl (C=O) groups is 2. The number of nitrogens with one attached hydrogen (secondary N) is 1. The summed E-state index contributed by atoms with van der Waals surface area (Å²) in [4.78, 5) is 22.5. The molecule has 0 aromatic heterocycles. The van der Waals surface area contributed by atoms with Gasteiger partial charge in [-0.2, -0.15) is 0 Å². The van der Waals surface area contributed by atoms with Crippen LogP contribution >= 0.6 is 0 Å². The molecule has 126 valence electrons. The second-order valence-electron chi connectivity index (χ2n) is 4.82. The van der Waals surface area contributed by atoms with Gasteiger partial charge in [-0.25, -0.2) is 0 Å². The van der Waals surface area contributed by atoms with Crippen LogP contribution in [0.25, 0.3) is 0 Å².